The Morgan fingerprint density at radius 3 is 0.925 bits per heavy atom. The standard InChI is InChI=1S/C71H137NO8/c1-6-8-10-12-14-16-18-20-22-24-26-28-30-32-33-34-35-36-37-38-40-42-44-46-48-50-52-54-56-58-60-62-69(74)80-67(66-79-71(70(75)76)77-64-63-72(3,4)5)65-78-68(73)61-59-57-55-53-51-49-47-45-43-41-39-31-29-27-25-23-21-19-17-15-13-11-9-7-2/h24,26,67,71H,6-23,25,27-66H2,1-5H3/p+1/b26-24-. The Labute approximate surface area is 497 Å². The molecule has 0 aliphatic carbocycles. The van der Waals surface area contributed by atoms with Gasteiger partial charge in [0.05, 0.1) is 34.4 Å². The summed E-state index contributed by atoms with van der Waals surface area (Å²) in [4.78, 5) is 37.6. The average Bonchev–Trinajstić information content (AvgIpc) is 3.43. The molecule has 0 radical (unpaired) electrons. The Hall–Kier alpha value is -1.97. The molecule has 0 bridgehead atoms. The molecule has 80 heavy (non-hydrogen) atoms. The van der Waals surface area contributed by atoms with Crippen LogP contribution in [0.3, 0.4) is 0 Å². The summed E-state index contributed by atoms with van der Waals surface area (Å²) in [6, 6.07) is 0. The number of likely N-dealkylation sites (N-methyl/N-ethyl adjacent to an activating group) is 1. The SMILES string of the molecule is CCCCCCCCCC/C=C\CCCCCCCCCCCCCCCCCCCCCC(=O)OC(COC(=O)CCCCCCCCCCCCCCCCCCCCCCCCCC)COC(OCC[N+](C)(C)C)C(=O)O. The van der Waals surface area contributed by atoms with E-state index in [0.29, 0.717) is 17.4 Å². The fourth-order valence-corrected chi connectivity index (χ4v) is 10.8. The number of esters is 2. The second-order valence-electron chi connectivity index (χ2n) is 25.6. The second kappa shape index (κ2) is 63.1. The summed E-state index contributed by atoms with van der Waals surface area (Å²) >= 11 is 0. The van der Waals surface area contributed by atoms with Gasteiger partial charge in [0.1, 0.15) is 13.2 Å². The molecule has 1 N–H and O–H groups in total. The minimum Gasteiger partial charge on any atom is -0.477 e. The van der Waals surface area contributed by atoms with Crippen LogP contribution in [-0.2, 0) is 33.3 Å². The minimum atomic E-state index is -1.51. The van der Waals surface area contributed by atoms with Gasteiger partial charge >= 0.3 is 17.9 Å². The number of allylic oxidation sites excluding steroid dienone is 2. The van der Waals surface area contributed by atoms with Gasteiger partial charge in [0.2, 0.25) is 0 Å². The van der Waals surface area contributed by atoms with Gasteiger partial charge in [-0.05, 0) is 38.5 Å². The zero-order valence-electron chi connectivity index (χ0n) is 54.3. The predicted molar refractivity (Wildman–Crippen MR) is 341 cm³/mol. The first-order valence-electron chi connectivity index (χ1n) is 35.4. The first-order valence-corrected chi connectivity index (χ1v) is 35.4. The van der Waals surface area contributed by atoms with Gasteiger partial charge < -0.3 is 28.5 Å². The van der Waals surface area contributed by atoms with Gasteiger partial charge in [0.25, 0.3) is 6.29 Å². The number of aliphatic carboxylic acids is 1. The van der Waals surface area contributed by atoms with Crippen LogP contribution in [0, 0.1) is 0 Å². The summed E-state index contributed by atoms with van der Waals surface area (Å²) in [5.74, 6) is -1.97. The van der Waals surface area contributed by atoms with E-state index >= 15 is 0 Å². The van der Waals surface area contributed by atoms with Crippen LogP contribution in [-0.4, -0.2) is 87.4 Å². The summed E-state index contributed by atoms with van der Waals surface area (Å²) in [5, 5.41) is 9.74. The van der Waals surface area contributed by atoms with Crippen LogP contribution in [0.4, 0.5) is 0 Å². The molecule has 0 aromatic rings. The van der Waals surface area contributed by atoms with Crippen LogP contribution >= 0.6 is 0 Å². The number of quaternary nitrogens is 1. The van der Waals surface area contributed by atoms with Crippen molar-refractivity contribution in [3.8, 4) is 0 Å². The van der Waals surface area contributed by atoms with Gasteiger partial charge in [0, 0.05) is 12.8 Å². The molecule has 0 aromatic carbocycles. The van der Waals surface area contributed by atoms with Gasteiger partial charge in [0.15, 0.2) is 6.10 Å². The van der Waals surface area contributed by atoms with Crippen molar-refractivity contribution in [3.05, 3.63) is 12.2 Å². The summed E-state index contributed by atoms with van der Waals surface area (Å²) in [7, 11) is 5.99. The third-order valence-electron chi connectivity index (χ3n) is 16.3. The van der Waals surface area contributed by atoms with E-state index in [4.69, 9.17) is 18.9 Å². The van der Waals surface area contributed by atoms with E-state index < -0.39 is 18.4 Å². The lowest BCUT2D eigenvalue weighted by Crippen LogP contribution is -2.40. The molecule has 0 spiro atoms. The van der Waals surface area contributed by atoms with E-state index in [1.165, 1.54) is 302 Å². The predicted octanol–water partition coefficient (Wildman–Crippen LogP) is 21.6. The molecule has 2 unspecified atom stereocenters. The van der Waals surface area contributed by atoms with Crippen LogP contribution < -0.4 is 0 Å². The van der Waals surface area contributed by atoms with Crippen LogP contribution in [0.15, 0.2) is 12.2 Å². The van der Waals surface area contributed by atoms with Gasteiger partial charge in [-0.15, -0.1) is 0 Å². The largest absolute Gasteiger partial charge is 0.477 e. The van der Waals surface area contributed by atoms with Crippen molar-refractivity contribution < 1.29 is 42.9 Å². The molecular formula is C71H138NO8+. The topological polar surface area (TPSA) is 108 Å². The third kappa shape index (κ3) is 63.6. The maximum absolute atomic E-state index is 12.9. The maximum atomic E-state index is 12.9. The number of carboxylic acids is 1. The molecule has 0 saturated heterocycles. The monoisotopic (exact) mass is 1130 g/mol. The Bertz CT molecular complexity index is 1320. The number of carboxylic acid groups (broad SMARTS) is 1. The molecule has 2 atom stereocenters. The van der Waals surface area contributed by atoms with E-state index in [2.05, 4.69) is 26.0 Å². The first-order chi connectivity index (χ1) is 39.1. The highest BCUT2D eigenvalue weighted by Gasteiger charge is 2.25. The van der Waals surface area contributed by atoms with Crippen LogP contribution in [0.25, 0.3) is 0 Å². The maximum Gasteiger partial charge on any atom is 0.361 e. The summed E-state index contributed by atoms with van der Waals surface area (Å²) in [6.07, 6.45) is 73.3. The Balaban J connectivity index is 4.04. The molecule has 0 saturated carbocycles. The molecule has 0 fully saturated rings. The Morgan fingerprint density at radius 1 is 0.362 bits per heavy atom. The third-order valence-corrected chi connectivity index (χ3v) is 16.3. The summed E-state index contributed by atoms with van der Waals surface area (Å²) < 4.78 is 23.0. The molecule has 0 amide bonds. The molecule has 9 heteroatoms. The zero-order chi connectivity index (χ0) is 58.3. The lowest BCUT2D eigenvalue weighted by atomic mass is 10.0. The number of rotatable bonds is 67. The van der Waals surface area contributed by atoms with Crippen molar-refractivity contribution >= 4 is 17.9 Å². The zero-order valence-corrected chi connectivity index (χ0v) is 54.3. The number of ether oxygens (including phenoxy) is 4. The lowest BCUT2D eigenvalue weighted by molar-refractivity contribution is -0.870. The normalized spacial score (nSPS) is 12.7. The minimum absolute atomic E-state index is 0.173. The second-order valence-corrected chi connectivity index (χ2v) is 25.6. The first kappa shape index (κ1) is 78.0. The van der Waals surface area contributed by atoms with Gasteiger partial charge in [-0.2, -0.15) is 0 Å². The van der Waals surface area contributed by atoms with Crippen molar-refractivity contribution in [1.29, 1.82) is 0 Å². The van der Waals surface area contributed by atoms with Gasteiger partial charge in [-0.25, -0.2) is 4.79 Å². The number of carbonyl (C=O) groups excluding carboxylic acids is 2. The number of nitrogens with zero attached hydrogens (tertiary/aromatic N) is 1. The lowest BCUT2D eigenvalue weighted by Gasteiger charge is -2.25. The fraction of sp³-hybridized carbons (Fsp3) is 0.930. The average molecular weight is 1130 g/mol. The van der Waals surface area contributed by atoms with Crippen LogP contribution in [0.1, 0.15) is 367 Å². The Kier molecular flexibility index (Phi) is 61.5. The highest BCUT2D eigenvalue weighted by Crippen LogP contribution is 2.19. The molecule has 0 aromatic heterocycles. The van der Waals surface area contributed by atoms with Crippen molar-refractivity contribution in [2.75, 3.05) is 47.5 Å². The summed E-state index contributed by atoms with van der Waals surface area (Å²) in [6.45, 7) is 4.96. The summed E-state index contributed by atoms with van der Waals surface area (Å²) in [5.41, 5.74) is 0. The quantitative estimate of drug-likeness (QED) is 0.0211. The Morgan fingerprint density at radius 2 is 0.637 bits per heavy atom. The molecule has 9 nitrogen and oxygen atoms in total. The highest BCUT2D eigenvalue weighted by molar-refractivity contribution is 5.71. The number of carbonyl (C=O) groups is 3. The molecular weight excluding hydrogens is 995 g/mol. The number of hydrogen-bond acceptors (Lipinski definition) is 7. The van der Waals surface area contributed by atoms with E-state index in [1.807, 2.05) is 21.1 Å². The van der Waals surface area contributed by atoms with E-state index in [1.54, 1.807) is 0 Å². The van der Waals surface area contributed by atoms with Crippen LogP contribution in [0.2, 0.25) is 0 Å². The smallest absolute Gasteiger partial charge is 0.361 e. The fourth-order valence-electron chi connectivity index (χ4n) is 10.8. The molecule has 0 aliphatic heterocycles. The highest BCUT2D eigenvalue weighted by atomic mass is 16.7. The van der Waals surface area contributed by atoms with Crippen molar-refractivity contribution in [2.24, 2.45) is 0 Å². The van der Waals surface area contributed by atoms with Gasteiger partial charge in [-0.1, -0.05) is 328 Å². The van der Waals surface area contributed by atoms with Crippen LogP contribution in [0.5, 0.6) is 0 Å². The molecule has 0 heterocycles. The molecule has 0 aliphatic rings. The van der Waals surface area contributed by atoms with Crippen molar-refractivity contribution in [3.63, 3.8) is 0 Å². The van der Waals surface area contributed by atoms with E-state index in [9.17, 15) is 19.5 Å². The number of hydrogen-bond donors (Lipinski definition) is 1. The number of unbranched alkanes of at least 4 members (excludes halogenated alkanes) is 50. The van der Waals surface area contributed by atoms with Gasteiger partial charge in [-0.3, -0.25) is 9.59 Å². The van der Waals surface area contributed by atoms with E-state index in [0.717, 1.165) is 38.5 Å². The molecule has 0 rings (SSSR count). The van der Waals surface area contributed by atoms with E-state index in [-0.39, 0.29) is 38.2 Å². The molecule has 474 valence electrons. The van der Waals surface area contributed by atoms with Crippen molar-refractivity contribution in [2.45, 2.75) is 379 Å². The van der Waals surface area contributed by atoms with Crippen molar-refractivity contribution in [1.82, 2.24) is 0 Å².